The molecule has 2 aliphatic rings. The topological polar surface area (TPSA) is 114 Å². The largest absolute Gasteiger partial charge is 0.489 e. The number of amides is 2. The van der Waals surface area contributed by atoms with Gasteiger partial charge in [-0.25, -0.2) is 9.31 Å². The number of hydrogen-bond donors (Lipinski definition) is 2. The van der Waals surface area contributed by atoms with E-state index in [9.17, 15) is 9.59 Å². The lowest BCUT2D eigenvalue weighted by Gasteiger charge is -2.14. The third-order valence-electron chi connectivity index (χ3n) is 5.87. The van der Waals surface area contributed by atoms with E-state index in [1.54, 1.807) is 15.4 Å². The molecule has 3 aromatic rings. The molecule has 2 N–H and O–H groups in total. The van der Waals surface area contributed by atoms with Crippen LogP contribution in [0.1, 0.15) is 19.3 Å². The van der Waals surface area contributed by atoms with Crippen LogP contribution in [0.2, 0.25) is 0 Å². The number of carboxylic acid groups (broad SMARTS) is 1. The molecule has 4 heterocycles. The second-order valence-corrected chi connectivity index (χ2v) is 8.25. The van der Waals surface area contributed by atoms with Crippen molar-refractivity contribution in [3.63, 3.8) is 0 Å². The van der Waals surface area contributed by atoms with Gasteiger partial charge in [0.25, 0.3) is 0 Å². The summed E-state index contributed by atoms with van der Waals surface area (Å²) in [6, 6.07) is 5.75. The summed E-state index contributed by atoms with van der Waals surface area (Å²) in [6.07, 6.45) is 5.33. The summed E-state index contributed by atoms with van der Waals surface area (Å²) in [5.74, 6) is 1.51. The molecular formula is C21H24N6O4. The van der Waals surface area contributed by atoms with E-state index in [0.29, 0.717) is 31.3 Å². The molecule has 1 saturated heterocycles. The van der Waals surface area contributed by atoms with E-state index < -0.39 is 6.09 Å². The molecular weight excluding hydrogens is 400 g/mol. The summed E-state index contributed by atoms with van der Waals surface area (Å²) in [6.45, 7) is 1.47. The van der Waals surface area contributed by atoms with Crippen molar-refractivity contribution in [1.82, 2.24) is 24.3 Å². The third-order valence-corrected chi connectivity index (χ3v) is 5.87. The summed E-state index contributed by atoms with van der Waals surface area (Å²) in [5.41, 5.74) is 2.60. The molecule has 1 aliphatic carbocycles. The van der Waals surface area contributed by atoms with E-state index in [1.807, 2.05) is 31.4 Å². The summed E-state index contributed by atoms with van der Waals surface area (Å²) >= 11 is 0. The molecule has 2 fully saturated rings. The second-order valence-electron chi connectivity index (χ2n) is 8.25. The maximum atomic E-state index is 12.0. The van der Waals surface area contributed by atoms with Gasteiger partial charge in [0, 0.05) is 49.8 Å². The summed E-state index contributed by atoms with van der Waals surface area (Å²) in [7, 11) is 1.85. The molecule has 0 spiro atoms. The first kappa shape index (κ1) is 19.4. The normalized spacial score (nSPS) is 18.5. The van der Waals surface area contributed by atoms with Crippen molar-refractivity contribution in [2.24, 2.45) is 18.9 Å². The fourth-order valence-electron chi connectivity index (χ4n) is 3.98. The predicted octanol–water partition coefficient (Wildman–Crippen LogP) is 2.46. The maximum Gasteiger partial charge on any atom is 0.407 e. The quantitative estimate of drug-likeness (QED) is 0.628. The van der Waals surface area contributed by atoms with E-state index in [0.717, 1.165) is 36.0 Å². The Labute approximate surface area is 178 Å². The molecule has 1 aliphatic heterocycles. The highest BCUT2D eigenvalue weighted by Crippen LogP contribution is 2.32. The summed E-state index contributed by atoms with van der Waals surface area (Å²) < 4.78 is 9.52. The first-order valence-corrected chi connectivity index (χ1v) is 10.4. The fraction of sp³-hybridized carbons (Fsp3) is 0.429. The van der Waals surface area contributed by atoms with Crippen LogP contribution in [-0.2, 0) is 11.8 Å². The van der Waals surface area contributed by atoms with Crippen molar-refractivity contribution in [2.45, 2.75) is 19.3 Å². The lowest BCUT2D eigenvalue weighted by molar-refractivity contribution is -0.117. The molecule has 0 bridgehead atoms. The number of likely N-dealkylation sites (tertiary alicyclic amines) is 1. The van der Waals surface area contributed by atoms with Gasteiger partial charge < -0.3 is 20.1 Å². The van der Waals surface area contributed by atoms with Crippen molar-refractivity contribution in [3.8, 4) is 17.0 Å². The number of aryl methyl sites for hydroxylation is 1. The Morgan fingerprint density at radius 2 is 2.13 bits per heavy atom. The number of nitrogens with zero attached hydrogens (tertiary/aromatic N) is 5. The van der Waals surface area contributed by atoms with Crippen molar-refractivity contribution in [3.05, 3.63) is 30.6 Å². The van der Waals surface area contributed by atoms with E-state index in [4.69, 9.17) is 9.84 Å². The van der Waals surface area contributed by atoms with Gasteiger partial charge in [-0.15, -0.1) is 0 Å². The Kier molecular flexibility index (Phi) is 4.76. The molecule has 1 saturated carbocycles. The van der Waals surface area contributed by atoms with E-state index in [1.165, 1.54) is 4.90 Å². The fourth-order valence-corrected chi connectivity index (χ4v) is 3.98. The minimum atomic E-state index is -0.883. The maximum absolute atomic E-state index is 12.0. The number of carbonyl (C=O) groups is 2. The molecule has 10 heteroatoms. The second kappa shape index (κ2) is 7.60. The van der Waals surface area contributed by atoms with Gasteiger partial charge in [0.05, 0.1) is 18.3 Å². The molecule has 3 aromatic heterocycles. The van der Waals surface area contributed by atoms with Crippen LogP contribution in [0.25, 0.3) is 16.8 Å². The van der Waals surface area contributed by atoms with Crippen LogP contribution in [0.3, 0.4) is 0 Å². The monoisotopic (exact) mass is 424 g/mol. The number of rotatable bonds is 6. The highest BCUT2D eigenvalue weighted by Gasteiger charge is 2.30. The van der Waals surface area contributed by atoms with Crippen molar-refractivity contribution in [1.29, 1.82) is 0 Å². The Bertz CT molecular complexity index is 1150. The van der Waals surface area contributed by atoms with Crippen LogP contribution >= 0.6 is 0 Å². The first-order chi connectivity index (χ1) is 15.0. The Morgan fingerprint density at radius 3 is 2.87 bits per heavy atom. The number of aromatic nitrogens is 4. The average molecular weight is 424 g/mol. The van der Waals surface area contributed by atoms with E-state index >= 15 is 0 Å². The SMILES string of the molecule is Cn1ncc(OC[C@@H]2CCN(C(=O)O)C2)c1-c1ccn2nc(NC(=O)C3CC3)cc2c1. The number of carbonyl (C=O) groups excluding carboxylic acids is 1. The van der Waals surface area contributed by atoms with Crippen LogP contribution in [0.15, 0.2) is 30.6 Å². The average Bonchev–Trinajstić information content (AvgIpc) is 3.18. The Hall–Kier alpha value is -3.56. The predicted molar refractivity (Wildman–Crippen MR) is 112 cm³/mol. The molecule has 5 rings (SSSR count). The van der Waals surface area contributed by atoms with E-state index in [-0.39, 0.29) is 17.7 Å². The minimum absolute atomic E-state index is 0.0272. The molecule has 10 nitrogen and oxygen atoms in total. The first-order valence-electron chi connectivity index (χ1n) is 10.4. The van der Waals surface area contributed by atoms with Gasteiger partial charge in [0.15, 0.2) is 11.6 Å². The van der Waals surface area contributed by atoms with E-state index in [2.05, 4.69) is 15.5 Å². The zero-order valence-electron chi connectivity index (χ0n) is 17.2. The molecule has 0 unspecified atom stereocenters. The minimum Gasteiger partial charge on any atom is -0.489 e. The van der Waals surface area contributed by atoms with Crippen molar-refractivity contribution in [2.75, 3.05) is 25.0 Å². The lowest BCUT2D eigenvalue weighted by Crippen LogP contribution is -2.27. The Balaban J connectivity index is 1.33. The number of ether oxygens (including phenoxy) is 1. The summed E-state index contributed by atoms with van der Waals surface area (Å²) in [5, 5.41) is 20.8. The Morgan fingerprint density at radius 1 is 1.29 bits per heavy atom. The molecule has 1 atom stereocenters. The number of pyridine rings is 1. The van der Waals surface area contributed by atoms with Gasteiger partial charge in [0.1, 0.15) is 5.69 Å². The van der Waals surface area contributed by atoms with Crippen LogP contribution in [-0.4, -0.2) is 61.1 Å². The van der Waals surface area contributed by atoms with Crippen LogP contribution < -0.4 is 10.1 Å². The lowest BCUT2D eigenvalue weighted by atomic mass is 10.1. The zero-order chi connectivity index (χ0) is 21.5. The van der Waals surface area contributed by atoms with Gasteiger partial charge in [-0.2, -0.15) is 10.2 Å². The summed E-state index contributed by atoms with van der Waals surface area (Å²) in [4.78, 5) is 24.5. The van der Waals surface area contributed by atoms with Gasteiger partial charge in [-0.3, -0.25) is 9.48 Å². The third kappa shape index (κ3) is 3.92. The number of nitrogens with one attached hydrogen (secondary N) is 1. The number of hydrogen-bond acceptors (Lipinski definition) is 5. The molecule has 31 heavy (non-hydrogen) atoms. The number of fused-ring (bicyclic) bond motifs is 1. The van der Waals surface area contributed by atoms with Crippen molar-refractivity contribution >= 4 is 23.3 Å². The molecule has 0 radical (unpaired) electrons. The van der Waals surface area contributed by atoms with Crippen molar-refractivity contribution < 1.29 is 19.4 Å². The van der Waals surface area contributed by atoms with Gasteiger partial charge in [0.2, 0.25) is 5.91 Å². The highest BCUT2D eigenvalue weighted by atomic mass is 16.5. The number of anilines is 1. The zero-order valence-corrected chi connectivity index (χ0v) is 17.2. The highest BCUT2D eigenvalue weighted by molar-refractivity contribution is 5.93. The van der Waals surface area contributed by atoms with Gasteiger partial charge >= 0.3 is 6.09 Å². The molecule has 162 valence electrons. The van der Waals surface area contributed by atoms with Gasteiger partial charge in [-0.1, -0.05) is 0 Å². The van der Waals surface area contributed by atoms with Gasteiger partial charge in [-0.05, 0) is 31.4 Å². The van der Waals surface area contributed by atoms with Crippen LogP contribution in [0, 0.1) is 11.8 Å². The van der Waals surface area contributed by atoms with Crippen LogP contribution in [0.5, 0.6) is 5.75 Å². The standard InChI is InChI=1S/C21H24N6O4/c1-25-19(17(10-22-25)31-12-13-4-6-26(11-13)21(29)30)15-5-7-27-16(8-15)9-18(24-27)23-20(28)14-2-3-14/h5,7-10,13-14H,2-4,6,11-12H2,1H3,(H,29,30)(H,23,24,28)/t13-/m1/s1. The smallest absolute Gasteiger partial charge is 0.407 e. The molecule has 2 amide bonds. The molecule has 0 aromatic carbocycles. The van der Waals surface area contributed by atoms with Crippen LogP contribution in [0.4, 0.5) is 10.6 Å².